The first-order valence-electron chi connectivity index (χ1n) is 16.8. The molecule has 2 aromatic rings. The minimum Gasteiger partial charge on any atom is -0.508 e. The predicted octanol–water partition coefficient (Wildman–Crippen LogP) is -0.921. The van der Waals surface area contributed by atoms with Gasteiger partial charge in [-0.2, -0.15) is 0 Å². The van der Waals surface area contributed by atoms with Gasteiger partial charge in [-0.05, 0) is 105 Å². The molecule has 0 unspecified atom stereocenters. The lowest BCUT2D eigenvalue weighted by Crippen LogP contribution is -2.55. The maximum absolute atomic E-state index is 13.5. The molecule has 4 atom stereocenters. The molecule has 2 rings (SSSR count). The van der Waals surface area contributed by atoms with E-state index in [2.05, 4.69) is 21.3 Å². The number of amides is 4. The molecule has 15 heteroatoms. The Morgan fingerprint density at radius 1 is 0.714 bits per heavy atom. The van der Waals surface area contributed by atoms with Crippen molar-refractivity contribution in [3.8, 4) is 22.6 Å². The lowest BCUT2D eigenvalue weighted by atomic mass is 9.96. The van der Waals surface area contributed by atoms with E-state index in [0.717, 1.165) is 17.5 Å². The Labute approximate surface area is 288 Å². The second-order valence-corrected chi connectivity index (χ2v) is 12.3. The number of rotatable bonds is 22. The van der Waals surface area contributed by atoms with Crippen molar-refractivity contribution in [2.45, 2.75) is 82.5 Å². The number of benzene rings is 2. The number of carbonyl (C=O) groups excluding carboxylic acids is 4. The fourth-order valence-electron chi connectivity index (χ4n) is 5.15. The number of phenols is 2. The second-order valence-electron chi connectivity index (χ2n) is 12.3. The number of carbonyl (C=O) groups is 4. The molecule has 0 aliphatic rings. The van der Waals surface area contributed by atoms with E-state index in [4.69, 9.17) is 28.7 Å². The molecule has 16 N–H and O–H groups in total. The fraction of sp³-hybridized carbons (Fsp3) is 0.529. The van der Waals surface area contributed by atoms with Crippen molar-refractivity contribution in [3.05, 3.63) is 47.5 Å². The van der Waals surface area contributed by atoms with Crippen LogP contribution >= 0.6 is 0 Å². The Morgan fingerprint density at radius 2 is 1.35 bits per heavy atom. The highest BCUT2D eigenvalue weighted by Gasteiger charge is 2.27. The molecular weight excluding hydrogens is 630 g/mol. The molecule has 272 valence electrons. The van der Waals surface area contributed by atoms with Crippen LogP contribution in [0, 0.1) is 6.92 Å². The monoisotopic (exact) mass is 685 g/mol. The highest BCUT2D eigenvalue weighted by molar-refractivity contribution is 5.92. The van der Waals surface area contributed by atoms with E-state index < -0.39 is 35.8 Å². The molecule has 49 heavy (non-hydrogen) atoms. The van der Waals surface area contributed by atoms with Gasteiger partial charge in [0.2, 0.25) is 23.6 Å². The Balaban J connectivity index is 2.13. The van der Waals surface area contributed by atoms with Crippen LogP contribution in [0.15, 0.2) is 36.4 Å². The smallest absolute Gasteiger partial charge is 0.243 e. The first-order valence-corrected chi connectivity index (χ1v) is 16.8. The molecule has 0 radical (unpaired) electrons. The molecule has 4 amide bonds. The van der Waals surface area contributed by atoms with Gasteiger partial charge in [-0.25, -0.2) is 0 Å². The minimum atomic E-state index is -1.13. The summed E-state index contributed by atoms with van der Waals surface area (Å²) in [5.41, 5.74) is 31.3. The summed E-state index contributed by atoms with van der Waals surface area (Å²) in [4.78, 5) is 51.2. The van der Waals surface area contributed by atoms with Gasteiger partial charge in [0.05, 0.1) is 6.54 Å². The summed E-state index contributed by atoms with van der Waals surface area (Å²) in [5, 5.41) is 31.6. The van der Waals surface area contributed by atoms with Crippen LogP contribution < -0.4 is 49.9 Å². The largest absolute Gasteiger partial charge is 0.508 e. The number of aryl methyl sites for hydroxylation is 1. The molecule has 0 aliphatic carbocycles. The van der Waals surface area contributed by atoms with Gasteiger partial charge in [-0.15, -0.1) is 0 Å². The zero-order chi connectivity index (χ0) is 36.3. The molecule has 0 spiro atoms. The molecule has 0 bridgehead atoms. The van der Waals surface area contributed by atoms with Crippen molar-refractivity contribution in [2.75, 3.05) is 32.7 Å². The summed E-state index contributed by atoms with van der Waals surface area (Å²) in [6.45, 7) is 2.82. The van der Waals surface area contributed by atoms with Crippen molar-refractivity contribution in [1.82, 2.24) is 21.3 Å². The Kier molecular flexibility index (Phi) is 18.1. The molecule has 0 saturated carbocycles. The topological polar surface area (TPSA) is 287 Å². The summed E-state index contributed by atoms with van der Waals surface area (Å²) in [5.74, 6) is -1.79. The van der Waals surface area contributed by atoms with Crippen LogP contribution in [0.5, 0.6) is 11.5 Å². The van der Waals surface area contributed by atoms with E-state index in [1.54, 1.807) is 37.3 Å². The summed E-state index contributed by atoms with van der Waals surface area (Å²) < 4.78 is 0. The van der Waals surface area contributed by atoms with Crippen molar-refractivity contribution in [2.24, 2.45) is 28.7 Å². The van der Waals surface area contributed by atoms with Gasteiger partial charge in [-0.1, -0.05) is 12.1 Å². The molecule has 0 fully saturated rings. The first kappa shape index (κ1) is 40.9. The van der Waals surface area contributed by atoms with Gasteiger partial charge in [0, 0.05) is 38.0 Å². The van der Waals surface area contributed by atoms with Crippen LogP contribution in [0.4, 0.5) is 0 Å². The van der Waals surface area contributed by atoms with Gasteiger partial charge < -0.3 is 60.1 Å². The quantitative estimate of drug-likeness (QED) is 0.0674. The van der Waals surface area contributed by atoms with Crippen molar-refractivity contribution < 1.29 is 29.4 Å². The van der Waals surface area contributed by atoms with Crippen LogP contribution in [0.2, 0.25) is 0 Å². The fourth-order valence-corrected chi connectivity index (χ4v) is 5.15. The zero-order valence-electron chi connectivity index (χ0n) is 28.4. The maximum atomic E-state index is 13.5. The molecule has 0 saturated heterocycles. The molecular formula is C34H55N9O6. The van der Waals surface area contributed by atoms with Crippen molar-refractivity contribution >= 4 is 23.6 Å². The maximum Gasteiger partial charge on any atom is 0.243 e. The average Bonchev–Trinajstić information content (AvgIpc) is 3.08. The number of phenolic OH excluding ortho intramolecular Hbond substituents is 2. The summed E-state index contributed by atoms with van der Waals surface area (Å²) in [7, 11) is 0. The number of aromatic hydroxyl groups is 2. The predicted molar refractivity (Wildman–Crippen MR) is 189 cm³/mol. The third-order valence-corrected chi connectivity index (χ3v) is 8.04. The van der Waals surface area contributed by atoms with Crippen LogP contribution in [0.25, 0.3) is 11.1 Å². The Morgan fingerprint density at radius 3 is 2.00 bits per heavy atom. The van der Waals surface area contributed by atoms with Crippen molar-refractivity contribution in [3.63, 3.8) is 0 Å². The van der Waals surface area contributed by atoms with E-state index in [1.165, 1.54) is 6.07 Å². The highest BCUT2D eigenvalue weighted by atomic mass is 16.3. The number of nitrogens with two attached hydrogens (primary N) is 5. The van der Waals surface area contributed by atoms with E-state index in [1.807, 2.05) is 0 Å². The number of hydrogen-bond acceptors (Lipinski definition) is 11. The van der Waals surface area contributed by atoms with Crippen LogP contribution in [-0.4, -0.2) is 90.7 Å². The van der Waals surface area contributed by atoms with Crippen LogP contribution in [0.1, 0.15) is 56.1 Å². The van der Waals surface area contributed by atoms with E-state index >= 15 is 0 Å². The van der Waals surface area contributed by atoms with Crippen LogP contribution in [0.3, 0.4) is 0 Å². The number of nitrogens with one attached hydrogen (secondary N) is 4. The summed E-state index contributed by atoms with van der Waals surface area (Å²) in [6, 6.07) is 7.30. The number of hydrogen-bond donors (Lipinski definition) is 11. The molecule has 2 aromatic carbocycles. The van der Waals surface area contributed by atoms with Crippen LogP contribution in [-0.2, 0) is 25.6 Å². The third kappa shape index (κ3) is 14.8. The first-order chi connectivity index (χ1) is 23.4. The third-order valence-electron chi connectivity index (χ3n) is 8.04. The Bertz CT molecular complexity index is 1380. The van der Waals surface area contributed by atoms with E-state index in [-0.39, 0.29) is 62.3 Å². The summed E-state index contributed by atoms with van der Waals surface area (Å²) >= 11 is 0. The van der Waals surface area contributed by atoms with E-state index in [9.17, 15) is 29.4 Å². The van der Waals surface area contributed by atoms with Gasteiger partial charge in [-0.3, -0.25) is 19.2 Å². The standard InChI is InChI=1S/C34H55N9O6/c1-21-15-22(8-10-29(21)44)23-9-11-30(45)24(16-23)17-28(43-34(49)27(7-3-13-36)42-32(47)19-37)33(48)40-14-4-6-25(38)18-31(46)41-20-26(39)5-2-12-35/h8-11,15-16,25-28,44-45H,2-7,12-14,17-20,35-39H2,1H3,(H,40,48)(H,41,46)(H,42,47)(H,43,49)/t25-,26-,27-,28-/m0/s1. The molecule has 0 heterocycles. The highest BCUT2D eigenvalue weighted by Crippen LogP contribution is 2.29. The zero-order valence-corrected chi connectivity index (χ0v) is 28.4. The van der Waals surface area contributed by atoms with Crippen molar-refractivity contribution in [1.29, 1.82) is 0 Å². The van der Waals surface area contributed by atoms with Gasteiger partial charge in [0.1, 0.15) is 23.6 Å². The SMILES string of the molecule is Cc1cc(-c2ccc(O)c(C[C@H](NC(=O)[C@H](CCCN)NC(=O)CN)C(=O)NCCC[C@H](N)CC(=O)NC[C@@H](N)CCCN)c2)ccc1O. The molecule has 15 nitrogen and oxygen atoms in total. The van der Waals surface area contributed by atoms with Gasteiger partial charge in [0.15, 0.2) is 0 Å². The van der Waals surface area contributed by atoms with E-state index in [0.29, 0.717) is 49.9 Å². The summed E-state index contributed by atoms with van der Waals surface area (Å²) in [6.07, 6.45) is 3.10. The minimum absolute atomic E-state index is 0.0736. The lowest BCUT2D eigenvalue weighted by molar-refractivity contribution is -0.132. The van der Waals surface area contributed by atoms with Gasteiger partial charge in [0.25, 0.3) is 0 Å². The molecule has 0 aromatic heterocycles. The average molecular weight is 686 g/mol. The second kappa shape index (κ2) is 21.6. The molecule has 0 aliphatic heterocycles. The van der Waals surface area contributed by atoms with Gasteiger partial charge >= 0.3 is 0 Å². The normalized spacial score (nSPS) is 13.5. The lowest BCUT2D eigenvalue weighted by Gasteiger charge is -2.24. The Hall–Kier alpha value is -4.28.